The van der Waals surface area contributed by atoms with Crippen molar-refractivity contribution in [2.75, 3.05) is 26.8 Å². The summed E-state index contributed by atoms with van der Waals surface area (Å²) in [6.07, 6.45) is 1.66. The van der Waals surface area contributed by atoms with Crippen LogP contribution in [0.1, 0.15) is 26.7 Å². The molecule has 1 N–H and O–H groups in total. The summed E-state index contributed by atoms with van der Waals surface area (Å²) in [6, 6.07) is 8.14. The van der Waals surface area contributed by atoms with Crippen molar-refractivity contribution in [1.82, 2.24) is 4.90 Å². The number of likely N-dealkylation sites (tertiary alicyclic amines) is 1. The van der Waals surface area contributed by atoms with Gasteiger partial charge < -0.3 is 19.5 Å². The molecular formula is C17H27NO3. The summed E-state index contributed by atoms with van der Waals surface area (Å²) in [4.78, 5) is 2.46. The molecule has 1 aliphatic rings. The monoisotopic (exact) mass is 293 g/mol. The molecule has 118 valence electrons. The number of piperidine rings is 1. The lowest BCUT2D eigenvalue weighted by Gasteiger charge is -2.36. The van der Waals surface area contributed by atoms with Crippen molar-refractivity contribution in [2.24, 2.45) is 5.92 Å². The number of hydrogen-bond acceptors (Lipinski definition) is 4. The van der Waals surface area contributed by atoms with Crippen molar-refractivity contribution in [3.63, 3.8) is 0 Å². The highest BCUT2D eigenvalue weighted by atomic mass is 16.5. The minimum atomic E-state index is -0.413. The van der Waals surface area contributed by atoms with E-state index in [-0.39, 0.29) is 0 Å². The Labute approximate surface area is 127 Å². The lowest BCUT2D eigenvalue weighted by Crippen LogP contribution is -2.42. The fourth-order valence-electron chi connectivity index (χ4n) is 2.87. The minimum absolute atomic E-state index is 0.326. The fraction of sp³-hybridized carbons (Fsp3) is 0.647. The standard InChI is InChI=1S/C17H27NO3/c1-13(2)18-10-8-14(9-11-18)15(19)12-21-17-7-5-4-6-16(17)20-3/h4-7,13-15,19H,8-12H2,1-3H3. The van der Waals surface area contributed by atoms with Crippen molar-refractivity contribution >= 4 is 0 Å². The lowest BCUT2D eigenvalue weighted by atomic mass is 9.91. The van der Waals surface area contributed by atoms with E-state index < -0.39 is 6.10 Å². The first-order valence-corrected chi connectivity index (χ1v) is 7.79. The molecule has 1 atom stereocenters. The van der Waals surface area contributed by atoms with E-state index in [1.807, 2.05) is 24.3 Å². The third-order valence-electron chi connectivity index (χ3n) is 4.33. The average molecular weight is 293 g/mol. The van der Waals surface area contributed by atoms with Crippen LogP contribution in [0.2, 0.25) is 0 Å². The molecule has 0 aliphatic carbocycles. The predicted molar refractivity (Wildman–Crippen MR) is 83.9 cm³/mol. The number of hydrogen-bond donors (Lipinski definition) is 1. The van der Waals surface area contributed by atoms with Gasteiger partial charge in [0.1, 0.15) is 6.61 Å². The number of methoxy groups -OCH3 is 1. The highest BCUT2D eigenvalue weighted by Gasteiger charge is 2.26. The van der Waals surface area contributed by atoms with Gasteiger partial charge in [0.05, 0.1) is 13.2 Å². The molecule has 1 heterocycles. The van der Waals surface area contributed by atoms with E-state index in [1.165, 1.54) is 0 Å². The minimum Gasteiger partial charge on any atom is -0.493 e. The number of rotatable bonds is 6. The van der Waals surface area contributed by atoms with Crippen molar-refractivity contribution < 1.29 is 14.6 Å². The zero-order chi connectivity index (χ0) is 15.2. The van der Waals surface area contributed by atoms with Crippen LogP contribution in [-0.2, 0) is 0 Å². The molecule has 1 aliphatic heterocycles. The van der Waals surface area contributed by atoms with Crippen LogP contribution >= 0.6 is 0 Å². The molecular weight excluding hydrogens is 266 g/mol. The summed E-state index contributed by atoms with van der Waals surface area (Å²) < 4.78 is 11.0. The Morgan fingerprint density at radius 2 is 1.81 bits per heavy atom. The van der Waals surface area contributed by atoms with E-state index in [1.54, 1.807) is 7.11 Å². The first-order chi connectivity index (χ1) is 10.1. The van der Waals surface area contributed by atoms with E-state index in [9.17, 15) is 5.11 Å². The fourth-order valence-corrected chi connectivity index (χ4v) is 2.87. The molecule has 0 aromatic heterocycles. The maximum absolute atomic E-state index is 10.3. The molecule has 1 aromatic carbocycles. The Morgan fingerprint density at radius 1 is 1.19 bits per heavy atom. The first kappa shape index (κ1) is 16.1. The van der Waals surface area contributed by atoms with E-state index in [4.69, 9.17) is 9.47 Å². The number of aliphatic hydroxyl groups excluding tert-OH is 1. The summed E-state index contributed by atoms with van der Waals surface area (Å²) in [5.41, 5.74) is 0. The Balaban J connectivity index is 1.81. The molecule has 4 nitrogen and oxygen atoms in total. The number of nitrogens with zero attached hydrogens (tertiary/aromatic N) is 1. The van der Waals surface area contributed by atoms with Gasteiger partial charge >= 0.3 is 0 Å². The van der Waals surface area contributed by atoms with E-state index in [2.05, 4.69) is 18.7 Å². The van der Waals surface area contributed by atoms with Gasteiger partial charge in [-0.1, -0.05) is 12.1 Å². The highest BCUT2D eigenvalue weighted by molar-refractivity contribution is 5.39. The molecule has 0 amide bonds. The molecule has 4 heteroatoms. The second-order valence-corrected chi connectivity index (χ2v) is 6.00. The van der Waals surface area contributed by atoms with Crippen LogP contribution in [0.4, 0.5) is 0 Å². The Bertz CT molecular complexity index is 428. The van der Waals surface area contributed by atoms with Crippen molar-refractivity contribution in [3.05, 3.63) is 24.3 Å². The molecule has 1 unspecified atom stereocenters. The highest BCUT2D eigenvalue weighted by Crippen LogP contribution is 2.27. The summed E-state index contributed by atoms with van der Waals surface area (Å²) in [5.74, 6) is 1.73. The van der Waals surface area contributed by atoms with Gasteiger partial charge in [0, 0.05) is 6.04 Å². The summed E-state index contributed by atoms with van der Waals surface area (Å²) >= 11 is 0. The van der Waals surface area contributed by atoms with Gasteiger partial charge in [-0.05, 0) is 57.8 Å². The smallest absolute Gasteiger partial charge is 0.161 e. The Morgan fingerprint density at radius 3 is 2.38 bits per heavy atom. The van der Waals surface area contributed by atoms with Crippen LogP contribution in [0.5, 0.6) is 11.5 Å². The van der Waals surface area contributed by atoms with Gasteiger partial charge in [0.25, 0.3) is 0 Å². The maximum atomic E-state index is 10.3. The summed E-state index contributed by atoms with van der Waals surface area (Å²) in [5, 5.41) is 10.3. The molecule has 2 rings (SSSR count). The molecule has 0 spiro atoms. The second kappa shape index (κ2) is 7.66. The Kier molecular flexibility index (Phi) is 5.88. The maximum Gasteiger partial charge on any atom is 0.161 e. The van der Waals surface area contributed by atoms with Gasteiger partial charge in [-0.2, -0.15) is 0 Å². The molecule has 0 saturated carbocycles. The van der Waals surface area contributed by atoms with Crippen LogP contribution in [0.3, 0.4) is 0 Å². The van der Waals surface area contributed by atoms with Crippen LogP contribution in [0.15, 0.2) is 24.3 Å². The molecule has 1 fully saturated rings. The first-order valence-electron chi connectivity index (χ1n) is 7.79. The van der Waals surface area contributed by atoms with Gasteiger partial charge in [-0.15, -0.1) is 0 Å². The van der Waals surface area contributed by atoms with Gasteiger partial charge in [0.15, 0.2) is 11.5 Å². The van der Waals surface area contributed by atoms with Gasteiger partial charge in [-0.3, -0.25) is 0 Å². The van der Waals surface area contributed by atoms with Gasteiger partial charge in [-0.25, -0.2) is 0 Å². The summed E-state index contributed by atoms with van der Waals surface area (Å²) in [6.45, 7) is 6.90. The van der Waals surface area contributed by atoms with Crippen molar-refractivity contribution in [3.8, 4) is 11.5 Å². The van der Waals surface area contributed by atoms with Crippen LogP contribution < -0.4 is 9.47 Å². The number of aliphatic hydroxyl groups is 1. The molecule has 0 radical (unpaired) electrons. The van der Waals surface area contributed by atoms with Crippen molar-refractivity contribution in [1.29, 1.82) is 0 Å². The second-order valence-electron chi connectivity index (χ2n) is 6.00. The quantitative estimate of drug-likeness (QED) is 0.875. The zero-order valence-corrected chi connectivity index (χ0v) is 13.3. The predicted octanol–water partition coefficient (Wildman–Crippen LogP) is 2.56. The molecule has 21 heavy (non-hydrogen) atoms. The molecule has 1 saturated heterocycles. The van der Waals surface area contributed by atoms with E-state index >= 15 is 0 Å². The Hall–Kier alpha value is -1.26. The molecule has 0 bridgehead atoms. The normalized spacial score (nSPS) is 18.7. The van der Waals surface area contributed by atoms with Crippen LogP contribution in [-0.4, -0.2) is 49.0 Å². The SMILES string of the molecule is COc1ccccc1OCC(O)C1CCN(C(C)C)CC1. The van der Waals surface area contributed by atoms with Gasteiger partial charge in [0.2, 0.25) is 0 Å². The van der Waals surface area contributed by atoms with Crippen molar-refractivity contribution in [2.45, 2.75) is 38.8 Å². The van der Waals surface area contributed by atoms with Crippen LogP contribution in [0.25, 0.3) is 0 Å². The lowest BCUT2D eigenvalue weighted by molar-refractivity contribution is 0.0199. The third-order valence-corrected chi connectivity index (χ3v) is 4.33. The third kappa shape index (κ3) is 4.35. The average Bonchev–Trinajstić information content (AvgIpc) is 2.52. The summed E-state index contributed by atoms with van der Waals surface area (Å²) in [7, 11) is 1.63. The number of benzene rings is 1. The van der Waals surface area contributed by atoms with E-state index in [0.717, 1.165) is 25.9 Å². The topological polar surface area (TPSA) is 41.9 Å². The zero-order valence-electron chi connectivity index (χ0n) is 13.3. The van der Waals surface area contributed by atoms with Crippen LogP contribution in [0, 0.1) is 5.92 Å². The number of para-hydroxylation sites is 2. The van der Waals surface area contributed by atoms with E-state index in [0.29, 0.717) is 30.1 Å². The largest absolute Gasteiger partial charge is 0.493 e. The molecule has 1 aromatic rings. The number of ether oxygens (including phenoxy) is 2.